The third kappa shape index (κ3) is 11.3. The van der Waals surface area contributed by atoms with E-state index in [0.717, 1.165) is 11.5 Å². The summed E-state index contributed by atoms with van der Waals surface area (Å²) in [6.45, 7) is 2.93. The number of amides is 2. The number of hydrogen-bond donors (Lipinski definition) is 5. The van der Waals surface area contributed by atoms with Crippen molar-refractivity contribution < 1.29 is 31.2 Å². The number of alkyl halides is 3. The van der Waals surface area contributed by atoms with E-state index in [1.807, 2.05) is 11.8 Å². The van der Waals surface area contributed by atoms with Gasteiger partial charge < -0.3 is 10.6 Å². The first-order chi connectivity index (χ1) is 17.5. The molecule has 0 fully saturated rings. The molecule has 0 saturated carbocycles. The average molecular weight is 562 g/mol. The molecule has 0 aromatic heterocycles. The Bertz CT molecular complexity index is 1130. The maximum atomic E-state index is 12.8. The van der Waals surface area contributed by atoms with Crippen LogP contribution in [0.15, 0.2) is 53.4 Å². The Kier molecular flexibility index (Phi) is 12.0. The zero-order valence-electron chi connectivity index (χ0n) is 20.2. The zero-order chi connectivity index (χ0) is 27.3. The summed E-state index contributed by atoms with van der Waals surface area (Å²) in [5.41, 5.74) is 4.13. The highest BCUT2D eigenvalue weighted by Crippen LogP contribution is 2.21. The van der Waals surface area contributed by atoms with Gasteiger partial charge in [-0.3, -0.25) is 25.2 Å². The highest BCUT2D eigenvalue weighted by Gasteiger charge is 2.38. The highest BCUT2D eigenvalue weighted by molar-refractivity contribution is 7.99. The third-order valence-electron chi connectivity index (χ3n) is 4.74. The summed E-state index contributed by atoms with van der Waals surface area (Å²) >= 11 is 1.83. The van der Waals surface area contributed by atoms with Crippen LogP contribution in [0.4, 0.5) is 30.2 Å². The van der Waals surface area contributed by atoms with Gasteiger partial charge in [-0.15, -0.1) is 0 Å². The zero-order valence-corrected chi connectivity index (χ0v) is 21.8. The monoisotopic (exact) mass is 561 g/mol. The molecular formula is C23H30F3N5O4S2. The van der Waals surface area contributed by atoms with Gasteiger partial charge >= 0.3 is 12.1 Å². The van der Waals surface area contributed by atoms with Crippen LogP contribution in [-0.2, 0) is 19.6 Å². The van der Waals surface area contributed by atoms with Gasteiger partial charge in [-0.05, 0) is 54.6 Å². The van der Waals surface area contributed by atoms with Crippen molar-refractivity contribution in [3.8, 4) is 0 Å². The fourth-order valence-electron chi connectivity index (χ4n) is 2.88. The van der Waals surface area contributed by atoms with Crippen LogP contribution in [0, 0.1) is 0 Å². The first kappa shape index (κ1) is 30.3. The molecule has 0 unspecified atom stereocenters. The lowest BCUT2D eigenvalue weighted by Gasteiger charge is -2.12. The predicted molar refractivity (Wildman–Crippen MR) is 140 cm³/mol. The molecule has 0 aliphatic heterocycles. The van der Waals surface area contributed by atoms with E-state index in [0.29, 0.717) is 12.2 Å². The first-order valence-corrected chi connectivity index (χ1v) is 14.1. The van der Waals surface area contributed by atoms with Crippen molar-refractivity contribution in [1.82, 2.24) is 10.7 Å². The molecule has 0 aliphatic carbocycles. The lowest BCUT2D eigenvalue weighted by Crippen LogP contribution is -2.40. The number of unbranched alkanes of at least 4 members (excludes halogenated alkanes) is 2. The number of sulfonamides is 1. The Labute approximate surface area is 218 Å². The number of anilines is 3. The van der Waals surface area contributed by atoms with Crippen LogP contribution in [0.1, 0.15) is 26.2 Å². The van der Waals surface area contributed by atoms with Gasteiger partial charge in [-0.1, -0.05) is 25.8 Å². The number of rotatable bonds is 15. The summed E-state index contributed by atoms with van der Waals surface area (Å²) in [6, 6.07) is 10.9. The van der Waals surface area contributed by atoms with Crippen molar-refractivity contribution in [2.75, 3.05) is 40.1 Å². The molecule has 2 rings (SSSR count). The summed E-state index contributed by atoms with van der Waals surface area (Å²) in [6.07, 6.45) is -1.46. The lowest BCUT2D eigenvalue weighted by atomic mass is 10.3. The summed E-state index contributed by atoms with van der Waals surface area (Å²) in [5, 5.41) is 5.71. The van der Waals surface area contributed by atoms with Crippen LogP contribution in [0.5, 0.6) is 0 Å². The number of hydrogen-bond acceptors (Lipinski definition) is 7. The van der Waals surface area contributed by atoms with Crippen LogP contribution in [0.3, 0.4) is 0 Å². The maximum absolute atomic E-state index is 12.8. The van der Waals surface area contributed by atoms with Gasteiger partial charge in [0.15, 0.2) is 0 Å². The molecular weight excluding hydrogens is 531 g/mol. The van der Waals surface area contributed by atoms with Gasteiger partial charge in [0.05, 0.1) is 17.1 Å². The standard InChI is InChI=1S/C23H30F3N5O4S2/c1-2-3-4-13-36-14-12-27-16-21(32)28-19-6-5-7-20(15-19)37(34,35)31-18-10-8-17(9-11-18)29-30-22(33)23(24,25)26/h5-11,15,27,29,31H,2-4,12-14,16H2,1H3,(H,28,32)(H,30,33). The van der Waals surface area contributed by atoms with E-state index >= 15 is 0 Å². The second-order valence-electron chi connectivity index (χ2n) is 7.83. The molecule has 0 aliphatic rings. The highest BCUT2D eigenvalue weighted by atomic mass is 32.2. The number of halogens is 3. The van der Waals surface area contributed by atoms with Gasteiger partial charge in [0.2, 0.25) is 5.91 Å². The van der Waals surface area contributed by atoms with Gasteiger partial charge in [0.1, 0.15) is 0 Å². The van der Waals surface area contributed by atoms with E-state index in [-0.39, 0.29) is 28.7 Å². The second kappa shape index (κ2) is 14.7. The fourth-order valence-corrected chi connectivity index (χ4v) is 4.89. The summed E-state index contributed by atoms with van der Waals surface area (Å²) < 4.78 is 64.5. The molecule has 2 aromatic rings. The summed E-state index contributed by atoms with van der Waals surface area (Å²) in [4.78, 5) is 22.9. The van der Waals surface area contributed by atoms with Crippen molar-refractivity contribution in [1.29, 1.82) is 0 Å². The fraction of sp³-hybridized carbons (Fsp3) is 0.391. The van der Waals surface area contributed by atoms with Crippen LogP contribution >= 0.6 is 11.8 Å². The molecule has 0 heterocycles. The molecule has 5 N–H and O–H groups in total. The van der Waals surface area contributed by atoms with Gasteiger partial charge in [-0.25, -0.2) is 8.42 Å². The smallest absolute Gasteiger partial charge is 0.325 e. The number of hydrazine groups is 1. The molecule has 2 aromatic carbocycles. The van der Waals surface area contributed by atoms with Crippen LogP contribution in [0.25, 0.3) is 0 Å². The van der Waals surface area contributed by atoms with Crippen LogP contribution in [-0.4, -0.2) is 51.0 Å². The number of nitrogens with one attached hydrogen (secondary N) is 5. The van der Waals surface area contributed by atoms with Gasteiger partial charge in [-0.2, -0.15) is 24.9 Å². The van der Waals surface area contributed by atoms with Gasteiger partial charge in [0, 0.05) is 23.7 Å². The van der Waals surface area contributed by atoms with Gasteiger partial charge in [0.25, 0.3) is 10.0 Å². The quantitative estimate of drug-likeness (QED) is 0.165. The summed E-state index contributed by atoms with van der Waals surface area (Å²) in [7, 11) is -4.02. The van der Waals surface area contributed by atoms with Crippen molar-refractivity contribution >= 4 is 50.7 Å². The van der Waals surface area contributed by atoms with Crippen molar-refractivity contribution in [2.24, 2.45) is 0 Å². The van der Waals surface area contributed by atoms with E-state index in [2.05, 4.69) is 27.7 Å². The molecule has 0 bridgehead atoms. The minimum Gasteiger partial charge on any atom is -0.325 e. The number of thioether (sulfide) groups is 1. The largest absolute Gasteiger partial charge is 0.472 e. The predicted octanol–water partition coefficient (Wildman–Crippen LogP) is 3.94. The van der Waals surface area contributed by atoms with E-state index in [9.17, 15) is 31.2 Å². The molecule has 0 spiro atoms. The van der Waals surface area contributed by atoms with E-state index in [1.54, 1.807) is 6.07 Å². The number of carbonyl (C=O) groups excluding carboxylic acids is 2. The molecule has 0 saturated heterocycles. The van der Waals surface area contributed by atoms with Crippen molar-refractivity contribution in [2.45, 2.75) is 37.3 Å². The number of benzene rings is 2. The Hall–Kier alpha value is -2.97. The second-order valence-corrected chi connectivity index (χ2v) is 10.7. The average Bonchev–Trinajstić information content (AvgIpc) is 2.84. The Morgan fingerprint density at radius 1 is 0.946 bits per heavy atom. The molecule has 204 valence electrons. The van der Waals surface area contributed by atoms with E-state index in [1.165, 1.54) is 67.2 Å². The molecule has 0 atom stereocenters. The first-order valence-electron chi connectivity index (χ1n) is 11.5. The number of carbonyl (C=O) groups is 2. The van der Waals surface area contributed by atoms with E-state index < -0.39 is 22.1 Å². The van der Waals surface area contributed by atoms with Crippen molar-refractivity contribution in [3.63, 3.8) is 0 Å². The lowest BCUT2D eigenvalue weighted by molar-refractivity contribution is -0.173. The molecule has 37 heavy (non-hydrogen) atoms. The third-order valence-corrected chi connectivity index (χ3v) is 7.19. The Balaban J connectivity index is 1.85. The summed E-state index contributed by atoms with van der Waals surface area (Å²) in [5.74, 6) is -0.482. The maximum Gasteiger partial charge on any atom is 0.472 e. The Morgan fingerprint density at radius 2 is 1.65 bits per heavy atom. The van der Waals surface area contributed by atoms with Crippen LogP contribution < -0.4 is 26.2 Å². The SMILES string of the molecule is CCCCCSCCNCC(=O)Nc1cccc(S(=O)(=O)Nc2ccc(NNC(=O)C(F)(F)F)cc2)c1. The van der Waals surface area contributed by atoms with Crippen molar-refractivity contribution in [3.05, 3.63) is 48.5 Å². The topological polar surface area (TPSA) is 128 Å². The molecule has 9 nitrogen and oxygen atoms in total. The van der Waals surface area contributed by atoms with E-state index in [4.69, 9.17) is 0 Å². The normalized spacial score (nSPS) is 11.6. The molecule has 14 heteroatoms. The minimum absolute atomic E-state index is 0.0918. The molecule has 0 radical (unpaired) electrons. The minimum atomic E-state index is -5.04. The Morgan fingerprint density at radius 3 is 2.32 bits per heavy atom. The molecule has 2 amide bonds. The van der Waals surface area contributed by atoms with Crippen LogP contribution in [0.2, 0.25) is 0 Å².